The van der Waals surface area contributed by atoms with E-state index in [0.717, 1.165) is 34.3 Å². The molecule has 2 aromatic rings. The SMILES string of the molecule is COc1ccc(/C=C/CCCCOc2ccc(I)nc2CCC(=O)O)cc1. The summed E-state index contributed by atoms with van der Waals surface area (Å²) in [6.45, 7) is 0.596. The first-order valence-corrected chi connectivity index (χ1v) is 9.97. The number of hydrogen-bond acceptors (Lipinski definition) is 4. The number of carboxylic acids is 1. The topological polar surface area (TPSA) is 68.7 Å². The van der Waals surface area contributed by atoms with E-state index in [2.05, 4.69) is 39.7 Å². The molecule has 144 valence electrons. The van der Waals surface area contributed by atoms with Crippen LogP contribution in [0.2, 0.25) is 0 Å². The predicted molar refractivity (Wildman–Crippen MR) is 114 cm³/mol. The number of aromatic nitrogens is 1. The maximum Gasteiger partial charge on any atom is 0.303 e. The minimum absolute atomic E-state index is 0.0552. The Morgan fingerprint density at radius 1 is 1.19 bits per heavy atom. The zero-order valence-corrected chi connectivity index (χ0v) is 17.5. The summed E-state index contributed by atoms with van der Waals surface area (Å²) in [6, 6.07) is 11.7. The van der Waals surface area contributed by atoms with Gasteiger partial charge in [-0.1, -0.05) is 24.3 Å². The maximum absolute atomic E-state index is 10.8. The minimum atomic E-state index is -0.828. The van der Waals surface area contributed by atoms with Crippen molar-refractivity contribution in [3.8, 4) is 11.5 Å². The molecule has 0 radical (unpaired) electrons. The number of pyridine rings is 1. The Balaban J connectivity index is 1.71. The highest BCUT2D eigenvalue weighted by atomic mass is 127. The van der Waals surface area contributed by atoms with Crippen LogP contribution in [0, 0.1) is 3.70 Å². The lowest BCUT2D eigenvalue weighted by Crippen LogP contribution is -2.05. The third-order valence-corrected chi connectivity index (χ3v) is 4.52. The highest BCUT2D eigenvalue weighted by Crippen LogP contribution is 2.20. The number of aryl methyl sites for hydroxylation is 1. The monoisotopic (exact) mass is 481 g/mol. The summed E-state index contributed by atoms with van der Waals surface area (Å²) >= 11 is 2.12. The Kier molecular flexibility index (Phi) is 9.10. The molecular formula is C21H24INO4. The maximum atomic E-state index is 10.8. The molecule has 1 heterocycles. The molecule has 1 aromatic heterocycles. The lowest BCUT2D eigenvalue weighted by Gasteiger charge is -2.10. The van der Waals surface area contributed by atoms with Crippen molar-refractivity contribution in [3.05, 3.63) is 57.4 Å². The number of halogens is 1. The van der Waals surface area contributed by atoms with E-state index in [9.17, 15) is 4.79 Å². The zero-order valence-electron chi connectivity index (χ0n) is 15.4. The molecule has 0 saturated heterocycles. The molecule has 0 bridgehead atoms. The van der Waals surface area contributed by atoms with Crippen LogP contribution in [-0.2, 0) is 11.2 Å². The second-order valence-electron chi connectivity index (χ2n) is 5.99. The van der Waals surface area contributed by atoms with Crippen LogP contribution in [0.1, 0.15) is 36.9 Å². The Bertz CT molecular complexity index is 759. The van der Waals surface area contributed by atoms with E-state index in [1.54, 1.807) is 7.11 Å². The summed E-state index contributed by atoms with van der Waals surface area (Å²) in [7, 11) is 1.66. The average molecular weight is 481 g/mol. The molecule has 0 aliphatic carbocycles. The van der Waals surface area contributed by atoms with Crippen molar-refractivity contribution < 1.29 is 19.4 Å². The number of carbonyl (C=O) groups is 1. The van der Waals surface area contributed by atoms with Crippen LogP contribution < -0.4 is 9.47 Å². The summed E-state index contributed by atoms with van der Waals surface area (Å²) < 4.78 is 11.8. The van der Waals surface area contributed by atoms with E-state index >= 15 is 0 Å². The van der Waals surface area contributed by atoms with Gasteiger partial charge in [-0.15, -0.1) is 0 Å². The standard InChI is InChI=1S/C21H24INO4/c1-26-17-9-7-16(8-10-17)6-4-2-3-5-15-27-19-12-13-20(22)23-18(19)11-14-21(24)25/h4,6-10,12-13H,2-3,5,11,14-15H2,1H3,(H,24,25)/b6-4+. The molecular weight excluding hydrogens is 457 g/mol. The third kappa shape index (κ3) is 7.99. The third-order valence-electron chi connectivity index (χ3n) is 3.92. The van der Waals surface area contributed by atoms with Crippen LogP contribution in [0.15, 0.2) is 42.5 Å². The van der Waals surface area contributed by atoms with Crippen LogP contribution in [0.5, 0.6) is 11.5 Å². The zero-order chi connectivity index (χ0) is 19.5. The van der Waals surface area contributed by atoms with E-state index in [1.807, 2.05) is 36.4 Å². The predicted octanol–water partition coefficient (Wildman–Crippen LogP) is 4.97. The van der Waals surface area contributed by atoms with E-state index < -0.39 is 5.97 Å². The van der Waals surface area contributed by atoms with Crippen LogP contribution in [0.3, 0.4) is 0 Å². The Morgan fingerprint density at radius 2 is 1.96 bits per heavy atom. The molecule has 1 N–H and O–H groups in total. The molecule has 0 saturated carbocycles. The number of unbranched alkanes of at least 4 members (excludes halogenated alkanes) is 2. The van der Waals surface area contributed by atoms with Crippen molar-refractivity contribution in [1.82, 2.24) is 4.98 Å². The number of benzene rings is 1. The summed E-state index contributed by atoms with van der Waals surface area (Å²) in [5.41, 5.74) is 1.86. The van der Waals surface area contributed by atoms with Gasteiger partial charge in [0.15, 0.2) is 0 Å². The number of allylic oxidation sites excluding steroid dienone is 1. The Labute approximate surface area is 173 Å². The quantitative estimate of drug-likeness (QED) is 0.279. The molecule has 0 aliphatic rings. The van der Waals surface area contributed by atoms with Gasteiger partial charge in [-0.25, -0.2) is 4.98 Å². The molecule has 0 fully saturated rings. The first-order valence-electron chi connectivity index (χ1n) is 8.89. The van der Waals surface area contributed by atoms with Crippen molar-refractivity contribution in [2.24, 2.45) is 0 Å². The van der Waals surface area contributed by atoms with Gasteiger partial charge in [0.2, 0.25) is 0 Å². The highest BCUT2D eigenvalue weighted by molar-refractivity contribution is 14.1. The number of ether oxygens (including phenoxy) is 2. The van der Waals surface area contributed by atoms with Gasteiger partial charge in [0.1, 0.15) is 15.2 Å². The van der Waals surface area contributed by atoms with Gasteiger partial charge in [-0.3, -0.25) is 4.79 Å². The summed E-state index contributed by atoms with van der Waals surface area (Å²) in [5.74, 6) is 0.716. The number of nitrogens with zero attached hydrogens (tertiary/aromatic N) is 1. The van der Waals surface area contributed by atoms with E-state index in [-0.39, 0.29) is 6.42 Å². The Hall–Kier alpha value is -2.09. The largest absolute Gasteiger partial charge is 0.497 e. The fourth-order valence-corrected chi connectivity index (χ4v) is 2.95. The number of rotatable bonds is 11. The summed E-state index contributed by atoms with van der Waals surface area (Å²) in [5, 5.41) is 8.86. The van der Waals surface area contributed by atoms with Crippen molar-refractivity contribution in [3.63, 3.8) is 0 Å². The van der Waals surface area contributed by atoms with Crippen LogP contribution in [0.4, 0.5) is 0 Å². The smallest absolute Gasteiger partial charge is 0.303 e. The number of methoxy groups -OCH3 is 1. The van der Waals surface area contributed by atoms with E-state index in [0.29, 0.717) is 24.5 Å². The van der Waals surface area contributed by atoms with E-state index in [4.69, 9.17) is 14.6 Å². The normalized spacial score (nSPS) is 10.9. The molecule has 5 nitrogen and oxygen atoms in total. The molecule has 2 rings (SSSR count). The van der Waals surface area contributed by atoms with Gasteiger partial charge in [-0.2, -0.15) is 0 Å². The van der Waals surface area contributed by atoms with Crippen molar-refractivity contribution in [1.29, 1.82) is 0 Å². The molecule has 27 heavy (non-hydrogen) atoms. The molecule has 1 aromatic carbocycles. The number of hydrogen-bond donors (Lipinski definition) is 1. The molecule has 0 aliphatic heterocycles. The van der Waals surface area contributed by atoms with Crippen LogP contribution in [0.25, 0.3) is 6.08 Å². The summed E-state index contributed by atoms with van der Waals surface area (Å²) in [4.78, 5) is 15.2. The minimum Gasteiger partial charge on any atom is -0.497 e. The fourth-order valence-electron chi connectivity index (χ4n) is 2.48. The van der Waals surface area contributed by atoms with Crippen LogP contribution >= 0.6 is 22.6 Å². The summed E-state index contributed by atoms with van der Waals surface area (Å²) in [6.07, 6.45) is 7.63. The van der Waals surface area contributed by atoms with Crippen molar-refractivity contribution in [2.45, 2.75) is 32.1 Å². The molecule has 0 unspecified atom stereocenters. The average Bonchev–Trinajstić information content (AvgIpc) is 2.67. The number of carboxylic acid groups (broad SMARTS) is 1. The van der Waals surface area contributed by atoms with Crippen LogP contribution in [-0.4, -0.2) is 29.8 Å². The second kappa shape index (κ2) is 11.6. The van der Waals surface area contributed by atoms with Gasteiger partial charge < -0.3 is 14.6 Å². The lowest BCUT2D eigenvalue weighted by atomic mass is 10.1. The molecule has 6 heteroatoms. The van der Waals surface area contributed by atoms with Crippen molar-refractivity contribution >= 4 is 34.6 Å². The fraction of sp³-hybridized carbons (Fsp3) is 0.333. The first-order chi connectivity index (χ1) is 13.1. The second-order valence-corrected chi connectivity index (χ2v) is 7.10. The molecule has 0 amide bonds. The van der Waals surface area contributed by atoms with Gasteiger partial charge in [0, 0.05) is 6.42 Å². The Morgan fingerprint density at radius 3 is 2.67 bits per heavy atom. The first kappa shape index (κ1) is 21.2. The van der Waals surface area contributed by atoms with E-state index in [1.165, 1.54) is 0 Å². The lowest BCUT2D eigenvalue weighted by molar-refractivity contribution is -0.136. The van der Waals surface area contributed by atoms with Crippen molar-refractivity contribution in [2.75, 3.05) is 13.7 Å². The van der Waals surface area contributed by atoms with Gasteiger partial charge >= 0.3 is 5.97 Å². The molecule has 0 atom stereocenters. The van der Waals surface area contributed by atoms with Gasteiger partial charge in [-0.05, 0) is 71.7 Å². The number of aliphatic carboxylic acids is 1. The van der Waals surface area contributed by atoms with Gasteiger partial charge in [0.05, 0.1) is 25.8 Å². The van der Waals surface area contributed by atoms with Gasteiger partial charge in [0.25, 0.3) is 0 Å². The highest BCUT2D eigenvalue weighted by Gasteiger charge is 2.08. The molecule has 0 spiro atoms.